The molecule has 1 aromatic carbocycles. The van der Waals surface area contributed by atoms with Crippen molar-refractivity contribution in [3.05, 3.63) is 35.4 Å². The zero-order chi connectivity index (χ0) is 15.1. The van der Waals surface area contributed by atoms with Gasteiger partial charge in [-0.2, -0.15) is 0 Å². The average Bonchev–Trinajstić information content (AvgIpc) is 2.81. The second kappa shape index (κ2) is 5.48. The lowest BCUT2D eigenvalue weighted by atomic mass is 9.90. The number of fused-ring (bicyclic) bond motifs is 2. The molecular weight excluding hydrogens is 280 g/mol. The van der Waals surface area contributed by atoms with Gasteiger partial charge >= 0.3 is 0 Å². The molecule has 1 saturated carbocycles. The maximum atomic E-state index is 12.5. The minimum atomic E-state index is -0.167. The van der Waals surface area contributed by atoms with E-state index in [2.05, 4.69) is 4.90 Å². The Morgan fingerprint density at radius 1 is 1.05 bits per heavy atom. The fourth-order valence-corrected chi connectivity index (χ4v) is 3.90. The van der Waals surface area contributed by atoms with Gasteiger partial charge in [0.05, 0.1) is 30.5 Å². The quantitative estimate of drug-likeness (QED) is 0.783. The summed E-state index contributed by atoms with van der Waals surface area (Å²) in [6.07, 6.45) is 4.85. The number of benzene rings is 1. The Bertz CT molecular complexity index is 579. The maximum Gasteiger partial charge on any atom is 0.262 e. The molecule has 0 radical (unpaired) electrons. The van der Waals surface area contributed by atoms with Crippen LogP contribution in [-0.4, -0.2) is 53.6 Å². The summed E-state index contributed by atoms with van der Waals surface area (Å²) in [4.78, 5) is 28.6. The van der Waals surface area contributed by atoms with E-state index in [4.69, 9.17) is 4.74 Å². The van der Waals surface area contributed by atoms with Crippen molar-refractivity contribution < 1.29 is 14.3 Å². The molecule has 5 nitrogen and oxygen atoms in total. The van der Waals surface area contributed by atoms with Crippen LogP contribution < -0.4 is 0 Å². The average molecular weight is 300 g/mol. The first-order valence-corrected chi connectivity index (χ1v) is 8.06. The predicted octanol–water partition coefficient (Wildman–Crippen LogP) is 1.88. The van der Waals surface area contributed by atoms with Crippen molar-refractivity contribution in [2.24, 2.45) is 0 Å². The van der Waals surface area contributed by atoms with E-state index >= 15 is 0 Å². The lowest BCUT2D eigenvalue weighted by Crippen LogP contribution is -2.56. The molecule has 5 heteroatoms. The number of ether oxygens (including phenoxy) is 1. The summed E-state index contributed by atoms with van der Waals surface area (Å²) in [6.45, 7) is 1.86. The Labute approximate surface area is 129 Å². The fourth-order valence-electron chi connectivity index (χ4n) is 3.90. The van der Waals surface area contributed by atoms with Gasteiger partial charge in [-0.3, -0.25) is 19.4 Å². The minimum absolute atomic E-state index is 0.167. The maximum absolute atomic E-state index is 12.5. The van der Waals surface area contributed by atoms with Gasteiger partial charge in [0.1, 0.15) is 0 Å². The summed E-state index contributed by atoms with van der Waals surface area (Å²) in [7, 11) is 0. The van der Waals surface area contributed by atoms with E-state index in [1.165, 1.54) is 17.7 Å². The Kier molecular flexibility index (Phi) is 3.47. The SMILES string of the molecule is O=C1c2ccccc2C(=O)N1CN1CCO[C@H]2CCCC[C@@H]21. The standard InChI is InChI=1S/C17H20N2O3/c20-16-12-5-1-2-6-13(12)17(21)19(16)11-18-9-10-22-15-8-4-3-7-14(15)18/h1-2,5-6,14-15H,3-4,7-11H2/t14-,15-/m0/s1. The smallest absolute Gasteiger partial charge is 0.262 e. The third kappa shape index (κ3) is 2.16. The van der Waals surface area contributed by atoms with E-state index in [9.17, 15) is 9.59 Å². The van der Waals surface area contributed by atoms with Crippen LogP contribution in [0.15, 0.2) is 24.3 Å². The van der Waals surface area contributed by atoms with E-state index in [0.29, 0.717) is 30.4 Å². The van der Waals surface area contributed by atoms with E-state index in [-0.39, 0.29) is 17.9 Å². The molecule has 2 heterocycles. The van der Waals surface area contributed by atoms with E-state index in [0.717, 1.165) is 19.4 Å². The molecule has 0 bridgehead atoms. The third-order valence-electron chi connectivity index (χ3n) is 5.05. The van der Waals surface area contributed by atoms with Crippen LogP contribution in [0.2, 0.25) is 0 Å². The van der Waals surface area contributed by atoms with Gasteiger partial charge in [-0.1, -0.05) is 25.0 Å². The predicted molar refractivity (Wildman–Crippen MR) is 80.5 cm³/mol. The van der Waals surface area contributed by atoms with Crippen LogP contribution in [-0.2, 0) is 4.74 Å². The molecule has 4 rings (SSSR count). The molecule has 1 aromatic rings. The highest BCUT2D eigenvalue weighted by atomic mass is 16.5. The second-order valence-corrected chi connectivity index (χ2v) is 6.30. The molecule has 3 aliphatic rings. The van der Waals surface area contributed by atoms with Gasteiger partial charge in [-0.05, 0) is 25.0 Å². The molecule has 0 unspecified atom stereocenters. The molecule has 0 N–H and O–H groups in total. The van der Waals surface area contributed by atoms with Crippen LogP contribution in [0, 0.1) is 0 Å². The summed E-state index contributed by atoms with van der Waals surface area (Å²) in [5, 5.41) is 0. The lowest BCUT2D eigenvalue weighted by Gasteiger charge is -2.44. The van der Waals surface area contributed by atoms with Crippen molar-refractivity contribution in [2.75, 3.05) is 19.8 Å². The Hall–Kier alpha value is -1.72. The number of amides is 2. The number of hydrogen-bond donors (Lipinski definition) is 0. The summed E-state index contributed by atoms with van der Waals surface area (Å²) in [6, 6.07) is 7.42. The van der Waals surface area contributed by atoms with Crippen LogP contribution in [0.5, 0.6) is 0 Å². The van der Waals surface area contributed by atoms with Gasteiger partial charge in [-0.25, -0.2) is 0 Å². The lowest BCUT2D eigenvalue weighted by molar-refractivity contribution is -0.0966. The van der Waals surface area contributed by atoms with Gasteiger partial charge in [0.25, 0.3) is 11.8 Å². The fraction of sp³-hybridized carbons (Fsp3) is 0.529. The van der Waals surface area contributed by atoms with Gasteiger partial charge in [0.2, 0.25) is 0 Å². The molecule has 1 aliphatic carbocycles. The monoisotopic (exact) mass is 300 g/mol. The number of imide groups is 1. The first-order valence-electron chi connectivity index (χ1n) is 8.06. The first-order chi connectivity index (χ1) is 10.8. The normalized spacial score (nSPS) is 28.6. The van der Waals surface area contributed by atoms with Gasteiger partial charge in [-0.15, -0.1) is 0 Å². The molecule has 0 spiro atoms. The third-order valence-corrected chi connectivity index (χ3v) is 5.05. The Balaban J connectivity index is 1.54. The number of nitrogens with zero attached hydrogens (tertiary/aromatic N) is 2. The van der Waals surface area contributed by atoms with Crippen molar-refractivity contribution in [3.8, 4) is 0 Å². The van der Waals surface area contributed by atoms with Crippen LogP contribution in [0.3, 0.4) is 0 Å². The molecule has 116 valence electrons. The highest BCUT2D eigenvalue weighted by Crippen LogP contribution is 2.30. The number of carbonyl (C=O) groups excluding carboxylic acids is 2. The van der Waals surface area contributed by atoms with Crippen molar-refractivity contribution in [2.45, 2.75) is 37.8 Å². The van der Waals surface area contributed by atoms with E-state index < -0.39 is 0 Å². The first kappa shape index (κ1) is 13.9. The second-order valence-electron chi connectivity index (χ2n) is 6.30. The topological polar surface area (TPSA) is 49.9 Å². The minimum Gasteiger partial charge on any atom is -0.375 e. The summed E-state index contributed by atoms with van der Waals surface area (Å²) < 4.78 is 5.86. The number of carbonyl (C=O) groups is 2. The highest BCUT2D eigenvalue weighted by molar-refractivity contribution is 6.21. The number of hydrogen-bond acceptors (Lipinski definition) is 4. The number of morpholine rings is 1. The summed E-state index contributed by atoms with van der Waals surface area (Å²) >= 11 is 0. The van der Waals surface area contributed by atoms with Crippen LogP contribution in [0.25, 0.3) is 0 Å². The summed E-state index contributed by atoms with van der Waals surface area (Å²) in [5.41, 5.74) is 1.06. The molecule has 2 aliphatic heterocycles. The van der Waals surface area contributed by atoms with Crippen molar-refractivity contribution in [3.63, 3.8) is 0 Å². The Morgan fingerprint density at radius 3 is 2.45 bits per heavy atom. The largest absolute Gasteiger partial charge is 0.375 e. The highest BCUT2D eigenvalue weighted by Gasteiger charge is 2.40. The van der Waals surface area contributed by atoms with E-state index in [1.807, 2.05) is 0 Å². The van der Waals surface area contributed by atoms with Crippen molar-refractivity contribution in [1.82, 2.24) is 9.80 Å². The molecule has 1 saturated heterocycles. The van der Waals surface area contributed by atoms with Gasteiger partial charge < -0.3 is 4.74 Å². The molecule has 2 atom stereocenters. The zero-order valence-electron chi connectivity index (χ0n) is 12.5. The van der Waals surface area contributed by atoms with Crippen LogP contribution in [0.1, 0.15) is 46.4 Å². The van der Waals surface area contributed by atoms with Crippen molar-refractivity contribution in [1.29, 1.82) is 0 Å². The molecule has 0 aromatic heterocycles. The van der Waals surface area contributed by atoms with Gasteiger partial charge in [0, 0.05) is 12.6 Å². The summed E-state index contributed by atoms with van der Waals surface area (Å²) in [5.74, 6) is -0.334. The Morgan fingerprint density at radius 2 is 1.73 bits per heavy atom. The van der Waals surface area contributed by atoms with Gasteiger partial charge in [0.15, 0.2) is 0 Å². The van der Waals surface area contributed by atoms with E-state index in [1.54, 1.807) is 24.3 Å². The van der Waals surface area contributed by atoms with Crippen molar-refractivity contribution >= 4 is 11.8 Å². The molecule has 2 fully saturated rings. The van der Waals surface area contributed by atoms with Crippen LogP contribution >= 0.6 is 0 Å². The molecule has 22 heavy (non-hydrogen) atoms. The molecule has 2 amide bonds. The van der Waals surface area contributed by atoms with Crippen LogP contribution in [0.4, 0.5) is 0 Å². The molecular formula is C17H20N2O3. The number of rotatable bonds is 2. The zero-order valence-corrected chi connectivity index (χ0v) is 12.5.